The van der Waals surface area contributed by atoms with Gasteiger partial charge >= 0.3 is 0 Å². The highest BCUT2D eigenvalue weighted by molar-refractivity contribution is 5.25. The molecular weight excluding hydrogens is 247 g/mol. The van der Waals surface area contributed by atoms with Crippen LogP contribution in [0.4, 0.5) is 4.39 Å². The fourth-order valence-corrected chi connectivity index (χ4v) is 1.86. The second-order valence-electron chi connectivity index (χ2n) is 4.36. The maximum atomic E-state index is 14.1. The second kappa shape index (κ2) is 8.98. The predicted octanol–water partition coefficient (Wildman–Crippen LogP) is 1.38. The Balaban J connectivity index is 2.71. The van der Waals surface area contributed by atoms with E-state index in [0.717, 1.165) is 13.1 Å². The van der Waals surface area contributed by atoms with Crippen LogP contribution in [0.15, 0.2) is 18.2 Å². The van der Waals surface area contributed by atoms with Crippen molar-refractivity contribution in [1.82, 2.24) is 4.90 Å². The summed E-state index contributed by atoms with van der Waals surface area (Å²) in [7, 11) is 3.31. The van der Waals surface area contributed by atoms with E-state index in [1.807, 2.05) is 6.07 Å². The Kier molecular flexibility index (Phi) is 7.59. The van der Waals surface area contributed by atoms with Crippen molar-refractivity contribution in [2.24, 2.45) is 5.73 Å². The van der Waals surface area contributed by atoms with Crippen LogP contribution in [0.25, 0.3) is 0 Å². The average Bonchev–Trinajstić information content (AvgIpc) is 2.43. The molecule has 0 heterocycles. The first-order valence-corrected chi connectivity index (χ1v) is 6.39. The molecule has 0 aliphatic rings. The maximum absolute atomic E-state index is 14.1. The first-order chi connectivity index (χ1) is 9.22. The van der Waals surface area contributed by atoms with E-state index in [4.69, 9.17) is 15.2 Å². The van der Waals surface area contributed by atoms with Gasteiger partial charge in [-0.25, -0.2) is 4.39 Å². The van der Waals surface area contributed by atoms with Crippen LogP contribution in [0.1, 0.15) is 11.1 Å². The number of hydrogen-bond acceptors (Lipinski definition) is 4. The van der Waals surface area contributed by atoms with Gasteiger partial charge in [0.1, 0.15) is 5.82 Å². The molecule has 0 saturated heterocycles. The van der Waals surface area contributed by atoms with E-state index in [0.29, 0.717) is 30.9 Å². The Hall–Kier alpha value is -1.01. The molecule has 0 spiro atoms. The van der Waals surface area contributed by atoms with E-state index < -0.39 is 0 Å². The molecule has 0 bridgehead atoms. The molecule has 0 aliphatic carbocycles. The minimum Gasteiger partial charge on any atom is -0.383 e. The summed E-state index contributed by atoms with van der Waals surface area (Å²) in [5.41, 5.74) is 6.73. The summed E-state index contributed by atoms with van der Waals surface area (Å²) < 4.78 is 24.2. The highest BCUT2D eigenvalue weighted by Gasteiger charge is 2.11. The van der Waals surface area contributed by atoms with Gasteiger partial charge < -0.3 is 15.2 Å². The number of rotatable bonds is 9. The minimum atomic E-state index is -0.204. The molecule has 0 fully saturated rings. The molecule has 0 amide bonds. The van der Waals surface area contributed by atoms with Gasteiger partial charge in [0.05, 0.1) is 13.2 Å². The van der Waals surface area contributed by atoms with Crippen molar-refractivity contribution in [3.8, 4) is 0 Å². The molecule has 1 rings (SSSR count). The molecule has 0 atom stereocenters. The molecule has 4 nitrogen and oxygen atoms in total. The summed E-state index contributed by atoms with van der Waals surface area (Å²) in [6.07, 6.45) is 0. The smallest absolute Gasteiger partial charge is 0.132 e. The fourth-order valence-electron chi connectivity index (χ4n) is 1.86. The van der Waals surface area contributed by atoms with E-state index in [2.05, 4.69) is 4.90 Å². The van der Waals surface area contributed by atoms with Crippen molar-refractivity contribution in [1.29, 1.82) is 0 Å². The summed E-state index contributed by atoms with van der Waals surface area (Å²) in [4.78, 5) is 2.10. The van der Waals surface area contributed by atoms with Crippen molar-refractivity contribution in [2.75, 3.05) is 40.5 Å². The lowest BCUT2D eigenvalue weighted by Gasteiger charge is -2.22. The lowest BCUT2D eigenvalue weighted by atomic mass is 10.1. The van der Waals surface area contributed by atoms with Gasteiger partial charge in [0, 0.05) is 51.5 Å². The molecule has 108 valence electrons. The fraction of sp³-hybridized carbons (Fsp3) is 0.571. The molecule has 0 aliphatic heterocycles. The molecule has 19 heavy (non-hydrogen) atoms. The zero-order chi connectivity index (χ0) is 14.1. The monoisotopic (exact) mass is 270 g/mol. The SMILES string of the molecule is COCCN(CCOC)Cc1cccc(CN)c1F. The zero-order valence-electron chi connectivity index (χ0n) is 11.7. The van der Waals surface area contributed by atoms with Gasteiger partial charge in [0.15, 0.2) is 0 Å². The van der Waals surface area contributed by atoms with Gasteiger partial charge in [-0.1, -0.05) is 18.2 Å². The average molecular weight is 270 g/mol. The van der Waals surface area contributed by atoms with Crippen molar-refractivity contribution < 1.29 is 13.9 Å². The molecule has 0 radical (unpaired) electrons. The van der Waals surface area contributed by atoms with Crippen LogP contribution in [0, 0.1) is 5.82 Å². The van der Waals surface area contributed by atoms with E-state index in [-0.39, 0.29) is 12.4 Å². The summed E-state index contributed by atoms with van der Waals surface area (Å²) in [6, 6.07) is 5.35. The molecule has 0 unspecified atom stereocenters. The van der Waals surface area contributed by atoms with Crippen LogP contribution in [0.3, 0.4) is 0 Å². The number of methoxy groups -OCH3 is 2. The van der Waals surface area contributed by atoms with Gasteiger partial charge in [-0.15, -0.1) is 0 Å². The van der Waals surface area contributed by atoms with Crippen molar-refractivity contribution in [3.05, 3.63) is 35.1 Å². The molecule has 2 N–H and O–H groups in total. The first kappa shape index (κ1) is 16.0. The first-order valence-electron chi connectivity index (χ1n) is 6.39. The van der Waals surface area contributed by atoms with E-state index in [9.17, 15) is 4.39 Å². The van der Waals surface area contributed by atoms with Gasteiger partial charge in [-0.2, -0.15) is 0 Å². The quantitative estimate of drug-likeness (QED) is 0.736. The molecule has 0 saturated carbocycles. The lowest BCUT2D eigenvalue weighted by molar-refractivity contribution is 0.109. The Labute approximate surface area is 114 Å². The van der Waals surface area contributed by atoms with E-state index in [1.54, 1.807) is 26.4 Å². The summed E-state index contributed by atoms with van der Waals surface area (Å²) in [5, 5.41) is 0. The molecule has 1 aromatic rings. The largest absolute Gasteiger partial charge is 0.383 e. The number of ether oxygens (including phenoxy) is 2. The summed E-state index contributed by atoms with van der Waals surface area (Å²) >= 11 is 0. The summed E-state index contributed by atoms with van der Waals surface area (Å²) in [6.45, 7) is 3.46. The zero-order valence-corrected chi connectivity index (χ0v) is 11.7. The number of halogens is 1. The second-order valence-corrected chi connectivity index (χ2v) is 4.36. The Morgan fingerprint density at radius 1 is 1.11 bits per heavy atom. The number of hydrogen-bond donors (Lipinski definition) is 1. The van der Waals surface area contributed by atoms with E-state index in [1.165, 1.54) is 0 Å². The Bertz CT molecular complexity index is 366. The molecular formula is C14H23FN2O2. The molecule has 1 aromatic carbocycles. The van der Waals surface area contributed by atoms with Crippen LogP contribution < -0.4 is 5.73 Å². The Morgan fingerprint density at radius 3 is 2.21 bits per heavy atom. The molecule has 5 heteroatoms. The van der Waals surface area contributed by atoms with Crippen molar-refractivity contribution in [3.63, 3.8) is 0 Å². The van der Waals surface area contributed by atoms with E-state index >= 15 is 0 Å². The Morgan fingerprint density at radius 2 is 1.68 bits per heavy atom. The predicted molar refractivity (Wildman–Crippen MR) is 73.3 cm³/mol. The number of nitrogens with zero attached hydrogens (tertiary/aromatic N) is 1. The minimum absolute atomic E-state index is 0.204. The highest BCUT2D eigenvalue weighted by atomic mass is 19.1. The third kappa shape index (κ3) is 5.24. The highest BCUT2D eigenvalue weighted by Crippen LogP contribution is 2.14. The van der Waals surface area contributed by atoms with Crippen molar-refractivity contribution in [2.45, 2.75) is 13.1 Å². The van der Waals surface area contributed by atoms with Crippen LogP contribution >= 0.6 is 0 Å². The van der Waals surface area contributed by atoms with Crippen LogP contribution in [0.5, 0.6) is 0 Å². The lowest BCUT2D eigenvalue weighted by Crippen LogP contribution is -2.30. The van der Waals surface area contributed by atoms with Crippen LogP contribution in [-0.2, 0) is 22.6 Å². The standard InChI is InChI=1S/C14H23FN2O2/c1-18-8-6-17(7-9-19-2)11-13-5-3-4-12(10-16)14(13)15/h3-5H,6-11,16H2,1-2H3. The third-order valence-corrected chi connectivity index (χ3v) is 3.00. The maximum Gasteiger partial charge on any atom is 0.132 e. The van der Waals surface area contributed by atoms with Gasteiger partial charge in [0.2, 0.25) is 0 Å². The third-order valence-electron chi connectivity index (χ3n) is 3.00. The normalized spacial score (nSPS) is 11.2. The van der Waals surface area contributed by atoms with Gasteiger partial charge in [-0.3, -0.25) is 4.90 Å². The van der Waals surface area contributed by atoms with Crippen LogP contribution in [0.2, 0.25) is 0 Å². The number of nitrogens with two attached hydrogens (primary N) is 1. The number of benzene rings is 1. The van der Waals surface area contributed by atoms with Gasteiger partial charge in [-0.05, 0) is 0 Å². The molecule has 0 aromatic heterocycles. The topological polar surface area (TPSA) is 47.7 Å². The van der Waals surface area contributed by atoms with Gasteiger partial charge in [0.25, 0.3) is 0 Å². The van der Waals surface area contributed by atoms with Crippen LogP contribution in [-0.4, -0.2) is 45.4 Å². The summed E-state index contributed by atoms with van der Waals surface area (Å²) in [5.74, 6) is -0.204. The van der Waals surface area contributed by atoms with Crippen molar-refractivity contribution >= 4 is 0 Å².